The molecule has 2 amide bonds. The summed E-state index contributed by atoms with van der Waals surface area (Å²) in [6, 6.07) is 5.34. The zero-order valence-electron chi connectivity index (χ0n) is 10.7. The number of fused-ring (bicyclic) bond motifs is 1. The topological polar surface area (TPSA) is 107 Å². The molecule has 0 saturated carbocycles. The average molecular weight is 263 g/mol. The highest BCUT2D eigenvalue weighted by Crippen LogP contribution is 2.27. The Morgan fingerprint density at radius 1 is 1.47 bits per heavy atom. The maximum atomic E-state index is 11.2. The molecular weight excluding hydrogens is 246 g/mol. The summed E-state index contributed by atoms with van der Waals surface area (Å²) in [6.07, 6.45) is 1.14. The predicted octanol–water partition coefficient (Wildman–Crippen LogP) is 0.153. The van der Waals surface area contributed by atoms with Crippen LogP contribution in [0, 0.1) is 0 Å². The molecule has 0 radical (unpaired) electrons. The molecule has 0 bridgehead atoms. The summed E-state index contributed by atoms with van der Waals surface area (Å²) in [7, 11) is 0. The Morgan fingerprint density at radius 3 is 2.89 bits per heavy atom. The largest absolute Gasteiger partial charge is 0.491 e. The summed E-state index contributed by atoms with van der Waals surface area (Å²) in [5.41, 5.74) is 11.5. The number of rotatable bonds is 4. The minimum atomic E-state index is -1.20. The van der Waals surface area contributed by atoms with Gasteiger partial charge in [0.1, 0.15) is 17.9 Å². The van der Waals surface area contributed by atoms with E-state index in [1.54, 1.807) is 12.1 Å². The number of benzene rings is 1. The highest BCUT2D eigenvalue weighted by molar-refractivity contribution is 5.94. The number of hydrogen-bond donors (Lipinski definition) is 3. The third-order valence-electron chi connectivity index (χ3n) is 3.07. The number of carbonyl (C=O) groups excluding carboxylic acids is 2. The standard InChI is InChI=1S/C13H17N3O3/c1-13(15,12(14)18)7-19-9-3-4-10-8(6-9)2-5-11(17)16-10/h3-4,6H,2,5,7,15H2,1H3,(H2,14,18)(H,16,17). The first kappa shape index (κ1) is 13.4. The van der Waals surface area contributed by atoms with Gasteiger partial charge in [-0.3, -0.25) is 9.59 Å². The van der Waals surface area contributed by atoms with E-state index in [0.29, 0.717) is 18.6 Å². The van der Waals surface area contributed by atoms with Gasteiger partial charge in [0.05, 0.1) is 0 Å². The lowest BCUT2D eigenvalue weighted by atomic mass is 10.0. The lowest BCUT2D eigenvalue weighted by Crippen LogP contribution is -2.53. The molecule has 0 aromatic heterocycles. The van der Waals surface area contributed by atoms with Gasteiger partial charge in [0.2, 0.25) is 11.8 Å². The Balaban J connectivity index is 2.07. The highest BCUT2D eigenvalue weighted by Gasteiger charge is 2.26. The number of aryl methyl sites for hydroxylation is 1. The van der Waals surface area contributed by atoms with Gasteiger partial charge in [-0.15, -0.1) is 0 Å². The van der Waals surface area contributed by atoms with Gasteiger partial charge in [-0.05, 0) is 37.1 Å². The molecule has 19 heavy (non-hydrogen) atoms. The maximum absolute atomic E-state index is 11.2. The lowest BCUT2D eigenvalue weighted by molar-refractivity contribution is -0.123. The maximum Gasteiger partial charge on any atom is 0.240 e. The predicted molar refractivity (Wildman–Crippen MR) is 70.7 cm³/mol. The van der Waals surface area contributed by atoms with Crippen LogP contribution in [0.25, 0.3) is 0 Å². The molecule has 0 fully saturated rings. The molecule has 1 atom stereocenters. The summed E-state index contributed by atoms with van der Waals surface area (Å²) < 4.78 is 5.49. The fourth-order valence-corrected chi connectivity index (χ4v) is 1.75. The molecule has 1 aromatic rings. The van der Waals surface area contributed by atoms with Crippen molar-refractivity contribution in [3.63, 3.8) is 0 Å². The summed E-state index contributed by atoms with van der Waals surface area (Å²) in [5.74, 6) is 0.00924. The van der Waals surface area contributed by atoms with E-state index in [0.717, 1.165) is 11.3 Å². The third-order valence-corrected chi connectivity index (χ3v) is 3.07. The first-order valence-electron chi connectivity index (χ1n) is 6.03. The second-order valence-electron chi connectivity index (χ2n) is 4.94. The molecule has 1 heterocycles. The molecule has 1 aliphatic rings. The fourth-order valence-electron chi connectivity index (χ4n) is 1.75. The minimum absolute atomic E-state index is 0.00742. The van der Waals surface area contributed by atoms with E-state index in [4.69, 9.17) is 16.2 Å². The molecule has 0 saturated heterocycles. The van der Waals surface area contributed by atoms with Gasteiger partial charge in [0, 0.05) is 12.1 Å². The van der Waals surface area contributed by atoms with E-state index >= 15 is 0 Å². The van der Waals surface area contributed by atoms with Gasteiger partial charge >= 0.3 is 0 Å². The average Bonchev–Trinajstić information content (AvgIpc) is 2.36. The smallest absolute Gasteiger partial charge is 0.240 e. The number of nitrogens with one attached hydrogen (secondary N) is 1. The number of carbonyl (C=O) groups is 2. The number of primary amides is 1. The van der Waals surface area contributed by atoms with Crippen molar-refractivity contribution in [2.45, 2.75) is 25.3 Å². The van der Waals surface area contributed by atoms with Gasteiger partial charge in [-0.1, -0.05) is 0 Å². The Labute approximate surface area is 111 Å². The molecule has 1 unspecified atom stereocenters. The van der Waals surface area contributed by atoms with E-state index in [2.05, 4.69) is 5.32 Å². The van der Waals surface area contributed by atoms with Crippen LogP contribution >= 0.6 is 0 Å². The van der Waals surface area contributed by atoms with E-state index in [1.807, 2.05) is 6.07 Å². The van der Waals surface area contributed by atoms with Crippen LogP contribution in [0.2, 0.25) is 0 Å². The van der Waals surface area contributed by atoms with Gasteiger partial charge in [0.25, 0.3) is 0 Å². The molecule has 6 nitrogen and oxygen atoms in total. The molecule has 6 heteroatoms. The van der Waals surface area contributed by atoms with Gasteiger partial charge in [0.15, 0.2) is 0 Å². The number of hydrogen-bond acceptors (Lipinski definition) is 4. The van der Waals surface area contributed by atoms with Crippen LogP contribution in [0.3, 0.4) is 0 Å². The van der Waals surface area contributed by atoms with Crippen LogP contribution in [0.15, 0.2) is 18.2 Å². The van der Waals surface area contributed by atoms with Crippen molar-refractivity contribution in [2.75, 3.05) is 11.9 Å². The van der Waals surface area contributed by atoms with Gasteiger partial charge in [-0.25, -0.2) is 0 Å². The zero-order chi connectivity index (χ0) is 14.0. The van der Waals surface area contributed by atoms with Crippen LogP contribution in [0.1, 0.15) is 18.9 Å². The molecule has 102 valence electrons. The summed E-state index contributed by atoms with van der Waals surface area (Å²) in [4.78, 5) is 22.3. The van der Waals surface area contributed by atoms with Crippen molar-refractivity contribution in [2.24, 2.45) is 11.5 Å². The normalized spacial score (nSPS) is 17.1. The lowest BCUT2D eigenvalue weighted by Gasteiger charge is -2.22. The van der Waals surface area contributed by atoms with Crippen molar-refractivity contribution in [3.05, 3.63) is 23.8 Å². The molecule has 0 aliphatic carbocycles. The minimum Gasteiger partial charge on any atom is -0.491 e. The summed E-state index contributed by atoms with van der Waals surface area (Å²) in [6.45, 7) is 1.53. The highest BCUT2D eigenvalue weighted by atomic mass is 16.5. The van der Waals surface area contributed by atoms with Crippen molar-refractivity contribution in [3.8, 4) is 5.75 Å². The van der Waals surface area contributed by atoms with Crippen molar-refractivity contribution < 1.29 is 14.3 Å². The van der Waals surface area contributed by atoms with Gasteiger partial charge < -0.3 is 21.5 Å². The zero-order valence-corrected chi connectivity index (χ0v) is 10.7. The van der Waals surface area contributed by atoms with Crippen LogP contribution in [0.4, 0.5) is 5.69 Å². The van der Waals surface area contributed by atoms with Gasteiger partial charge in [-0.2, -0.15) is 0 Å². The second-order valence-corrected chi connectivity index (χ2v) is 4.94. The summed E-state index contributed by atoms with van der Waals surface area (Å²) >= 11 is 0. The number of nitrogens with two attached hydrogens (primary N) is 2. The van der Waals surface area contributed by atoms with E-state index < -0.39 is 11.4 Å². The van der Waals surface area contributed by atoms with Crippen molar-refractivity contribution in [1.82, 2.24) is 0 Å². The van der Waals surface area contributed by atoms with Crippen LogP contribution in [0.5, 0.6) is 5.75 Å². The first-order valence-corrected chi connectivity index (χ1v) is 6.03. The van der Waals surface area contributed by atoms with Crippen molar-refractivity contribution >= 4 is 17.5 Å². The molecule has 5 N–H and O–H groups in total. The second kappa shape index (κ2) is 4.89. The third kappa shape index (κ3) is 3.03. The Bertz CT molecular complexity index is 526. The Kier molecular flexibility index (Phi) is 3.44. The van der Waals surface area contributed by atoms with Crippen molar-refractivity contribution in [1.29, 1.82) is 0 Å². The molecule has 0 spiro atoms. The first-order chi connectivity index (χ1) is 8.88. The number of ether oxygens (including phenoxy) is 1. The van der Waals surface area contributed by atoms with Crippen LogP contribution < -0.4 is 21.5 Å². The fraction of sp³-hybridized carbons (Fsp3) is 0.385. The van der Waals surface area contributed by atoms with E-state index in [-0.39, 0.29) is 12.5 Å². The van der Waals surface area contributed by atoms with Crippen LogP contribution in [-0.4, -0.2) is 24.0 Å². The Hall–Kier alpha value is -2.08. The Morgan fingerprint density at radius 2 is 2.21 bits per heavy atom. The monoisotopic (exact) mass is 263 g/mol. The number of anilines is 1. The number of amides is 2. The van der Waals surface area contributed by atoms with E-state index in [9.17, 15) is 9.59 Å². The molecular formula is C13H17N3O3. The molecule has 2 rings (SSSR count). The molecule has 1 aliphatic heterocycles. The van der Waals surface area contributed by atoms with Crippen LogP contribution in [-0.2, 0) is 16.0 Å². The SMILES string of the molecule is CC(N)(COc1ccc2c(c1)CCC(=O)N2)C(N)=O. The molecule has 1 aromatic carbocycles. The summed E-state index contributed by atoms with van der Waals surface area (Å²) in [5, 5.41) is 2.78. The van der Waals surface area contributed by atoms with E-state index in [1.165, 1.54) is 6.92 Å². The quantitative estimate of drug-likeness (QED) is 0.718.